The third kappa shape index (κ3) is 4.42. The number of aryl methyl sites for hydroxylation is 1. The summed E-state index contributed by atoms with van der Waals surface area (Å²) >= 11 is 3.30. The lowest BCUT2D eigenvalue weighted by Gasteiger charge is -2.18. The molecular weight excluding hydrogens is 298 g/mol. The Labute approximate surface area is 116 Å². The largest absolute Gasteiger partial charge is 0.379 e. The summed E-state index contributed by atoms with van der Waals surface area (Å²) in [5, 5.41) is 0.823. The predicted octanol–water partition coefficient (Wildman–Crippen LogP) is 1.50. The van der Waals surface area contributed by atoms with Crippen molar-refractivity contribution in [3.63, 3.8) is 0 Å². The number of nitrogens with zero attached hydrogens (tertiary/aromatic N) is 3. The zero-order valence-corrected chi connectivity index (χ0v) is 12.5. The van der Waals surface area contributed by atoms with Crippen molar-refractivity contribution in [2.45, 2.75) is 19.9 Å². The minimum atomic E-state index is -0.0395. The van der Waals surface area contributed by atoms with Crippen LogP contribution in [0, 0.1) is 0 Å². The van der Waals surface area contributed by atoms with E-state index in [-0.39, 0.29) is 5.56 Å². The summed E-state index contributed by atoms with van der Waals surface area (Å²) in [6, 6.07) is 0. The van der Waals surface area contributed by atoms with Gasteiger partial charge in [-0.2, -0.15) is 0 Å². The van der Waals surface area contributed by atoms with Crippen LogP contribution in [-0.2, 0) is 11.3 Å². The van der Waals surface area contributed by atoms with Crippen LogP contribution in [0.25, 0.3) is 0 Å². The standard InChI is InChI=1S/C12H20BrN3O2/c1-3-6-16-7-5-14-11(12(16)17)15(2)8-10-18-9-4-13/h5,7H,3-4,6,8-10H2,1-2H3. The summed E-state index contributed by atoms with van der Waals surface area (Å²) in [4.78, 5) is 18.1. The molecule has 1 aromatic heterocycles. The van der Waals surface area contributed by atoms with E-state index in [1.165, 1.54) is 0 Å². The topological polar surface area (TPSA) is 47.4 Å². The number of anilines is 1. The van der Waals surface area contributed by atoms with E-state index in [9.17, 15) is 4.79 Å². The van der Waals surface area contributed by atoms with E-state index in [1.54, 1.807) is 17.0 Å². The van der Waals surface area contributed by atoms with Gasteiger partial charge in [-0.25, -0.2) is 4.98 Å². The third-order valence-corrected chi connectivity index (χ3v) is 2.84. The highest BCUT2D eigenvalue weighted by Crippen LogP contribution is 2.00. The highest BCUT2D eigenvalue weighted by Gasteiger charge is 2.09. The molecule has 0 unspecified atom stereocenters. The number of likely N-dealkylation sites (N-methyl/N-ethyl adjacent to an activating group) is 1. The SMILES string of the molecule is CCCn1ccnc(N(C)CCOCCBr)c1=O. The molecule has 1 heterocycles. The Morgan fingerprint density at radius 3 is 2.94 bits per heavy atom. The van der Waals surface area contributed by atoms with Crippen molar-refractivity contribution < 1.29 is 4.74 Å². The molecule has 1 aromatic rings. The smallest absolute Gasteiger partial charge is 0.293 e. The zero-order chi connectivity index (χ0) is 13.4. The van der Waals surface area contributed by atoms with Crippen molar-refractivity contribution in [2.75, 3.05) is 37.0 Å². The number of hydrogen-bond acceptors (Lipinski definition) is 4. The Morgan fingerprint density at radius 1 is 1.50 bits per heavy atom. The molecule has 0 bridgehead atoms. The van der Waals surface area contributed by atoms with Gasteiger partial charge >= 0.3 is 0 Å². The normalized spacial score (nSPS) is 10.6. The van der Waals surface area contributed by atoms with Crippen LogP contribution in [-0.4, -0.2) is 41.7 Å². The van der Waals surface area contributed by atoms with Gasteiger partial charge < -0.3 is 14.2 Å². The Kier molecular flexibility index (Phi) is 6.97. The molecular formula is C12H20BrN3O2. The monoisotopic (exact) mass is 317 g/mol. The van der Waals surface area contributed by atoms with Crippen molar-refractivity contribution in [2.24, 2.45) is 0 Å². The molecule has 18 heavy (non-hydrogen) atoms. The minimum Gasteiger partial charge on any atom is -0.379 e. The fourth-order valence-corrected chi connectivity index (χ4v) is 1.81. The van der Waals surface area contributed by atoms with Crippen molar-refractivity contribution in [1.29, 1.82) is 0 Å². The Balaban J connectivity index is 2.64. The molecule has 0 aromatic carbocycles. The van der Waals surface area contributed by atoms with Crippen molar-refractivity contribution in [3.05, 3.63) is 22.7 Å². The highest BCUT2D eigenvalue weighted by atomic mass is 79.9. The first kappa shape index (κ1) is 15.2. The van der Waals surface area contributed by atoms with E-state index in [2.05, 4.69) is 20.9 Å². The maximum Gasteiger partial charge on any atom is 0.293 e. The van der Waals surface area contributed by atoms with Gasteiger partial charge in [-0.1, -0.05) is 22.9 Å². The maximum absolute atomic E-state index is 12.1. The average Bonchev–Trinajstić information content (AvgIpc) is 2.37. The van der Waals surface area contributed by atoms with E-state index in [1.807, 2.05) is 18.9 Å². The lowest BCUT2D eigenvalue weighted by molar-refractivity contribution is 0.157. The van der Waals surface area contributed by atoms with Gasteiger partial charge in [-0.05, 0) is 6.42 Å². The molecule has 0 atom stereocenters. The van der Waals surface area contributed by atoms with Crippen LogP contribution in [0.5, 0.6) is 0 Å². The predicted molar refractivity (Wildman–Crippen MR) is 76.7 cm³/mol. The second kappa shape index (κ2) is 8.26. The first-order valence-electron chi connectivity index (χ1n) is 6.11. The summed E-state index contributed by atoms with van der Waals surface area (Å²) in [5.41, 5.74) is -0.0395. The molecule has 0 aliphatic carbocycles. The first-order valence-corrected chi connectivity index (χ1v) is 7.23. The fourth-order valence-electron chi connectivity index (χ4n) is 1.58. The van der Waals surface area contributed by atoms with Crippen molar-refractivity contribution >= 4 is 21.7 Å². The van der Waals surface area contributed by atoms with Crippen LogP contribution in [0.1, 0.15) is 13.3 Å². The molecule has 0 saturated carbocycles. The fraction of sp³-hybridized carbons (Fsp3) is 0.667. The van der Waals surface area contributed by atoms with Gasteiger partial charge in [-0.3, -0.25) is 4.79 Å². The second-order valence-electron chi connectivity index (χ2n) is 3.97. The summed E-state index contributed by atoms with van der Waals surface area (Å²) in [7, 11) is 1.86. The van der Waals surface area contributed by atoms with E-state index in [0.717, 1.165) is 18.3 Å². The lowest BCUT2D eigenvalue weighted by Crippen LogP contribution is -2.32. The molecule has 0 saturated heterocycles. The molecule has 0 N–H and O–H groups in total. The molecule has 0 fully saturated rings. The number of halogens is 1. The van der Waals surface area contributed by atoms with Crippen LogP contribution >= 0.6 is 15.9 Å². The molecule has 5 nitrogen and oxygen atoms in total. The number of alkyl halides is 1. The lowest BCUT2D eigenvalue weighted by atomic mass is 10.4. The highest BCUT2D eigenvalue weighted by molar-refractivity contribution is 9.09. The Hall–Kier alpha value is -0.880. The van der Waals surface area contributed by atoms with Crippen molar-refractivity contribution in [1.82, 2.24) is 9.55 Å². The van der Waals surface area contributed by atoms with E-state index >= 15 is 0 Å². The van der Waals surface area contributed by atoms with Gasteiger partial charge in [0.25, 0.3) is 5.56 Å². The molecule has 0 amide bonds. The summed E-state index contributed by atoms with van der Waals surface area (Å²) in [5.74, 6) is 0.480. The maximum atomic E-state index is 12.1. The van der Waals surface area contributed by atoms with Crippen molar-refractivity contribution in [3.8, 4) is 0 Å². The Morgan fingerprint density at radius 2 is 2.28 bits per heavy atom. The van der Waals surface area contributed by atoms with Crippen LogP contribution < -0.4 is 10.5 Å². The molecule has 6 heteroatoms. The number of aromatic nitrogens is 2. The summed E-state index contributed by atoms with van der Waals surface area (Å²) < 4.78 is 7.06. The minimum absolute atomic E-state index is 0.0395. The Bertz CT molecular complexity index is 409. The quantitative estimate of drug-likeness (QED) is 0.538. The summed E-state index contributed by atoms with van der Waals surface area (Å²) in [6.07, 6.45) is 4.33. The van der Waals surface area contributed by atoms with Crippen LogP contribution in [0.2, 0.25) is 0 Å². The van der Waals surface area contributed by atoms with Gasteiger partial charge in [0.1, 0.15) is 0 Å². The van der Waals surface area contributed by atoms with Gasteiger partial charge in [0.05, 0.1) is 13.2 Å². The van der Waals surface area contributed by atoms with E-state index in [4.69, 9.17) is 4.74 Å². The van der Waals surface area contributed by atoms with Crippen LogP contribution in [0.3, 0.4) is 0 Å². The number of ether oxygens (including phenoxy) is 1. The van der Waals surface area contributed by atoms with E-state index in [0.29, 0.717) is 25.6 Å². The van der Waals surface area contributed by atoms with Gasteiger partial charge in [0.2, 0.25) is 0 Å². The third-order valence-electron chi connectivity index (χ3n) is 2.51. The molecule has 0 radical (unpaired) electrons. The number of hydrogen-bond donors (Lipinski definition) is 0. The van der Waals surface area contributed by atoms with Gasteiger partial charge in [0, 0.05) is 37.9 Å². The molecule has 1 rings (SSSR count). The molecule has 0 aliphatic rings. The molecule has 102 valence electrons. The summed E-state index contributed by atoms with van der Waals surface area (Å²) in [6.45, 7) is 4.69. The molecule has 0 spiro atoms. The second-order valence-corrected chi connectivity index (χ2v) is 4.77. The molecule has 0 aliphatic heterocycles. The average molecular weight is 318 g/mol. The number of rotatable bonds is 8. The van der Waals surface area contributed by atoms with Crippen LogP contribution in [0.15, 0.2) is 17.2 Å². The van der Waals surface area contributed by atoms with E-state index < -0.39 is 0 Å². The van der Waals surface area contributed by atoms with Crippen LogP contribution in [0.4, 0.5) is 5.82 Å². The van der Waals surface area contributed by atoms with Gasteiger partial charge in [0.15, 0.2) is 5.82 Å². The first-order chi connectivity index (χ1) is 8.70. The van der Waals surface area contributed by atoms with Gasteiger partial charge in [-0.15, -0.1) is 0 Å². The zero-order valence-electron chi connectivity index (χ0n) is 10.9.